The van der Waals surface area contributed by atoms with Crippen LogP contribution in [0.5, 0.6) is 0 Å². The summed E-state index contributed by atoms with van der Waals surface area (Å²) >= 11 is 1.36. The standard InChI is InChI=1S/C12H18N4O3S/c1-8(4-11(18)19)5-13-10(17)6-20-12-15-14-7-16(12)9-2-3-9/h7-9H,2-6H2,1H3,(H,13,17)(H,18,19). The first-order chi connectivity index (χ1) is 9.56. The van der Waals surface area contributed by atoms with E-state index in [0.29, 0.717) is 12.6 Å². The molecule has 0 radical (unpaired) electrons. The van der Waals surface area contributed by atoms with Crippen molar-refractivity contribution in [3.8, 4) is 0 Å². The van der Waals surface area contributed by atoms with Gasteiger partial charge in [-0.2, -0.15) is 0 Å². The van der Waals surface area contributed by atoms with E-state index in [1.807, 2.05) is 4.57 Å². The third kappa shape index (κ3) is 4.52. The number of carbonyl (C=O) groups is 2. The molecule has 0 aliphatic heterocycles. The van der Waals surface area contributed by atoms with Crippen molar-refractivity contribution in [1.29, 1.82) is 0 Å². The number of carboxylic acids is 1. The fourth-order valence-electron chi connectivity index (χ4n) is 1.78. The molecule has 0 aromatic carbocycles. The van der Waals surface area contributed by atoms with E-state index >= 15 is 0 Å². The maximum absolute atomic E-state index is 11.7. The third-order valence-electron chi connectivity index (χ3n) is 2.98. The van der Waals surface area contributed by atoms with Gasteiger partial charge in [0.2, 0.25) is 5.91 Å². The molecule has 7 nitrogen and oxygen atoms in total. The number of thioether (sulfide) groups is 1. The van der Waals surface area contributed by atoms with E-state index in [9.17, 15) is 9.59 Å². The highest BCUT2D eigenvalue weighted by molar-refractivity contribution is 7.99. The number of carbonyl (C=O) groups excluding carboxylic acids is 1. The number of aromatic nitrogens is 3. The van der Waals surface area contributed by atoms with Gasteiger partial charge in [-0.3, -0.25) is 9.59 Å². The summed E-state index contributed by atoms with van der Waals surface area (Å²) < 4.78 is 2.00. The molecule has 2 rings (SSSR count). The molecule has 110 valence electrons. The first-order valence-corrected chi connectivity index (χ1v) is 7.55. The maximum atomic E-state index is 11.7. The van der Waals surface area contributed by atoms with Crippen LogP contribution >= 0.6 is 11.8 Å². The second kappa shape index (κ2) is 6.74. The number of aliphatic carboxylic acids is 1. The number of carboxylic acid groups (broad SMARTS) is 1. The molecule has 1 heterocycles. The van der Waals surface area contributed by atoms with E-state index in [2.05, 4.69) is 15.5 Å². The number of hydrogen-bond donors (Lipinski definition) is 2. The number of nitrogens with one attached hydrogen (secondary N) is 1. The molecule has 1 aromatic heterocycles. The van der Waals surface area contributed by atoms with Crippen molar-refractivity contribution in [3.63, 3.8) is 0 Å². The largest absolute Gasteiger partial charge is 0.481 e. The maximum Gasteiger partial charge on any atom is 0.303 e. The van der Waals surface area contributed by atoms with Gasteiger partial charge in [-0.15, -0.1) is 10.2 Å². The van der Waals surface area contributed by atoms with Crippen LogP contribution in [0.3, 0.4) is 0 Å². The van der Waals surface area contributed by atoms with Gasteiger partial charge in [-0.1, -0.05) is 18.7 Å². The van der Waals surface area contributed by atoms with Crippen LogP contribution in [0.15, 0.2) is 11.5 Å². The highest BCUT2D eigenvalue weighted by Crippen LogP contribution is 2.37. The predicted octanol–water partition coefficient (Wildman–Crippen LogP) is 0.932. The van der Waals surface area contributed by atoms with Gasteiger partial charge in [0.05, 0.1) is 5.75 Å². The van der Waals surface area contributed by atoms with Crippen LogP contribution in [-0.2, 0) is 9.59 Å². The fraction of sp³-hybridized carbons (Fsp3) is 0.667. The van der Waals surface area contributed by atoms with E-state index < -0.39 is 5.97 Å². The van der Waals surface area contributed by atoms with Gasteiger partial charge < -0.3 is 15.0 Å². The first kappa shape index (κ1) is 14.8. The van der Waals surface area contributed by atoms with Crippen molar-refractivity contribution in [2.45, 2.75) is 37.4 Å². The Morgan fingerprint density at radius 1 is 1.60 bits per heavy atom. The third-order valence-corrected chi connectivity index (χ3v) is 3.94. The molecule has 0 bridgehead atoms. The Labute approximate surface area is 121 Å². The molecule has 20 heavy (non-hydrogen) atoms. The Morgan fingerprint density at radius 3 is 3.00 bits per heavy atom. The number of rotatable bonds is 8. The van der Waals surface area contributed by atoms with Crippen LogP contribution in [0, 0.1) is 5.92 Å². The Balaban J connectivity index is 1.69. The lowest BCUT2D eigenvalue weighted by molar-refractivity contribution is -0.138. The average Bonchev–Trinajstić information content (AvgIpc) is 3.12. The van der Waals surface area contributed by atoms with Gasteiger partial charge in [0.25, 0.3) is 0 Å². The Morgan fingerprint density at radius 2 is 2.35 bits per heavy atom. The summed E-state index contributed by atoms with van der Waals surface area (Å²) in [5.41, 5.74) is 0. The summed E-state index contributed by atoms with van der Waals surface area (Å²) in [4.78, 5) is 22.2. The second-order valence-corrected chi connectivity index (χ2v) is 5.99. The van der Waals surface area contributed by atoms with Crippen LogP contribution in [0.1, 0.15) is 32.2 Å². The summed E-state index contributed by atoms with van der Waals surface area (Å²) in [5, 5.41) is 20.0. The number of nitrogens with zero attached hydrogens (tertiary/aromatic N) is 3. The van der Waals surface area contributed by atoms with Gasteiger partial charge >= 0.3 is 5.97 Å². The van der Waals surface area contributed by atoms with Gasteiger partial charge in [0.15, 0.2) is 5.16 Å². The zero-order valence-corrected chi connectivity index (χ0v) is 12.1. The summed E-state index contributed by atoms with van der Waals surface area (Å²) in [6.07, 6.45) is 4.05. The van der Waals surface area contributed by atoms with Crippen molar-refractivity contribution < 1.29 is 14.7 Å². The van der Waals surface area contributed by atoms with Crippen LogP contribution in [0.2, 0.25) is 0 Å². The fourth-order valence-corrected chi connectivity index (χ4v) is 2.59. The quantitative estimate of drug-likeness (QED) is 0.693. The SMILES string of the molecule is CC(CNC(=O)CSc1nncn1C1CC1)CC(=O)O. The predicted molar refractivity (Wildman–Crippen MR) is 73.4 cm³/mol. The highest BCUT2D eigenvalue weighted by atomic mass is 32.2. The molecule has 1 aromatic rings. The lowest BCUT2D eigenvalue weighted by Gasteiger charge is -2.10. The summed E-state index contributed by atoms with van der Waals surface area (Å²) in [5.74, 6) is -0.765. The monoisotopic (exact) mass is 298 g/mol. The van der Waals surface area contributed by atoms with Gasteiger partial charge in [-0.25, -0.2) is 0 Å². The molecule has 1 amide bonds. The zero-order chi connectivity index (χ0) is 14.5. The minimum absolute atomic E-state index is 0.0590. The van der Waals surface area contributed by atoms with E-state index in [1.165, 1.54) is 11.8 Å². The normalized spacial score (nSPS) is 15.8. The molecule has 0 spiro atoms. The topological polar surface area (TPSA) is 97.1 Å². The average molecular weight is 298 g/mol. The minimum atomic E-state index is -0.848. The van der Waals surface area contributed by atoms with E-state index in [4.69, 9.17) is 5.11 Å². The van der Waals surface area contributed by atoms with E-state index in [0.717, 1.165) is 18.0 Å². The Kier molecular flexibility index (Phi) is 4.99. The molecule has 1 unspecified atom stereocenters. The van der Waals surface area contributed by atoms with E-state index in [1.54, 1.807) is 13.3 Å². The van der Waals surface area contributed by atoms with Gasteiger partial charge in [0, 0.05) is 19.0 Å². The first-order valence-electron chi connectivity index (χ1n) is 6.57. The van der Waals surface area contributed by atoms with Crippen molar-refractivity contribution in [2.75, 3.05) is 12.3 Å². The van der Waals surface area contributed by atoms with Crippen molar-refractivity contribution in [3.05, 3.63) is 6.33 Å². The molecular formula is C12H18N4O3S. The Bertz CT molecular complexity index is 487. The molecule has 1 saturated carbocycles. The molecule has 1 fully saturated rings. The smallest absolute Gasteiger partial charge is 0.303 e. The molecule has 1 atom stereocenters. The summed E-state index contributed by atoms with van der Waals surface area (Å²) in [6.45, 7) is 2.17. The summed E-state index contributed by atoms with van der Waals surface area (Å²) in [7, 11) is 0. The van der Waals surface area contributed by atoms with Crippen LogP contribution < -0.4 is 5.32 Å². The molecule has 0 saturated heterocycles. The molecule has 1 aliphatic carbocycles. The van der Waals surface area contributed by atoms with Crippen molar-refractivity contribution in [1.82, 2.24) is 20.1 Å². The van der Waals surface area contributed by atoms with Crippen molar-refractivity contribution in [2.24, 2.45) is 5.92 Å². The molecule has 1 aliphatic rings. The van der Waals surface area contributed by atoms with Gasteiger partial charge in [-0.05, 0) is 18.8 Å². The highest BCUT2D eigenvalue weighted by Gasteiger charge is 2.26. The lowest BCUT2D eigenvalue weighted by Crippen LogP contribution is -2.30. The molecule has 2 N–H and O–H groups in total. The van der Waals surface area contributed by atoms with Crippen LogP contribution in [-0.4, -0.2) is 44.0 Å². The molecule has 8 heteroatoms. The lowest BCUT2D eigenvalue weighted by atomic mass is 10.1. The van der Waals surface area contributed by atoms with Crippen LogP contribution in [0.4, 0.5) is 0 Å². The molecular weight excluding hydrogens is 280 g/mol. The van der Waals surface area contributed by atoms with Crippen molar-refractivity contribution >= 4 is 23.6 Å². The number of amides is 1. The zero-order valence-electron chi connectivity index (χ0n) is 11.3. The van der Waals surface area contributed by atoms with Gasteiger partial charge in [0.1, 0.15) is 6.33 Å². The van der Waals surface area contributed by atoms with E-state index in [-0.39, 0.29) is 24.0 Å². The second-order valence-electron chi connectivity index (χ2n) is 5.05. The Hall–Kier alpha value is -1.57. The minimum Gasteiger partial charge on any atom is -0.481 e. The van der Waals surface area contributed by atoms with Crippen LogP contribution in [0.25, 0.3) is 0 Å². The number of hydrogen-bond acceptors (Lipinski definition) is 5. The summed E-state index contributed by atoms with van der Waals surface area (Å²) in [6, 6.07) is 0.492.